The predicted molar refractivity (Wildman–Crippen MR) is 75.9 cm³/mol. The fourth-order valence-corrected chi connectivity index (χ4v) is 1.92. The number of hydrogen-bond acceptors (Lipinski definition) is 3. The summed E-state index contributed by atoms with van der Waals surface area (Å²) in [6.07, 6.45) is 0. The van der Waals surface area contributed by atoms with Crippen LogP contribution in [0.15, 0.2) is 18.2 Å². The van der Waals surface area contributed by atoms with Gasteiger partial charge >= 0.3 is 0 Å². The average Bonchev–Trinajstić information content (AvgIpc) is 2.25. The van der Waals surface area contributed by atoms with Crippen LogP contribution in [0.5, 0.6) is 0 Å². The molecule has 1 aromatic rings. The molecule has 0 saturated carbocycles. The fourth-order valence-electron chi connectivity index (χ4n) is 1.59. The Morgan fingerprint density at radius 1 is 1.24 bits per heavy atom. The zero-order valence-electron chi connectivity index (χ0n) is 11.1. The van der Waals surface area contributed by atoms with Crippen molar-refractivity contribution >= 4 is 17.3 Å². The van der Waals surface area contributed by atoms with Crippen LogP contribution in [0.3, 0.4) is 0 Å². The van der Waals surface area contributed by atoms with Crippen LogP contribution >= 0.6 is 11.6 Å². The van der Waals surface area contributed by atoms with Gasteiger partial charge in [0.2, 0.25) is 0 Å². The zero-order chi connectivity index (χ0) is 13.0. The SMILES string of the molecule is CC(N)c1ccc(N(C)CCN(C)C)c(Cl)c1. The quantitative estimate of drug-likeness (QED) is 0.877. The molecule has 0 saturated heterocycles. The van der Waals surface area contributed by atoms with E-state index >= 15 is 0 Å². The molecule has 0 aliphatic carbocycles. The second-order valence-corrected chi connectivity index (χ2v) is 5.13. The fraction of sp³-hybridized carbons (Fsp3) is 0.538. The number of anilines is 1. The van der Waals surface area contributed by atoms with Gasteiger partial charge in [-0.3, -0.25) is 0 Å². The third kappa shape index (κ3) is 4.19. The van der Waals surface area contributed by atoms with Crippen LogP contribution < -0.4 is 10.6 Å². The molecule has 0 aliphatic heterocycles. The summed E-state index contributed by atoms with van der Waals surface area (Å²) in [5.74, 6) is 0. The first-order valence-corrected chi connectivity index (χ1v) is 6.20. The number of halogens is 1. The van der Waals surface area contributed by atoms with E-state index in [0.717, 1.165) is 29.4 Å². The van der Waals surface area contributed by atoms with E-state index in [9.17, 15) is 0 Å². The van der Waals surface area contributed by atoms with E-state index in [4.69, 9.17) is 17.3 Å². The van der Waals surface area contributed by atoms with Crippen molar-refractivity contribution in [3.8, 4) is 0 Å². The van der Waals surface area contributed by atoms with Gasteiger partial charge in [-0.15, -0.1) is 0 Å². The zero-order valence-corrected chi connectivity index (χ0v) is 11.8. The normalized spacial score (nSPS) is 12.9. The van der Waals surface area contributed by atoms with Crippen molar-refractivity contribution in [3.05, 3.63) is 28.8 Å². The van der Waals surface area contributed by atoms with Gasteiger partial charge in [0.15, 0.2) is 0 Å². The van der Waals surface area contributed by atoms with Crippen molar-refractivity contribution < 1.29 is 0 Å². The minimum Gasteiger partial charge on any atom is -0.372 e. The third-order valence-corrected chi connectivity index (χ3v) is 3.09. The topological polar surface area (TPSA) is 32.5 Å². The smallest absolute Gasteiger partial charge is 0.0642 e. The van der Waals surface area contributed by atoms with Gasteiger partial charge in [0, 0.05) is 26.2 Å². The molecule has 0 bridgehead atoms. The highest BCUT2D eigenvalue weighted by atomic mass is 35.5. The van der Waals surface area contributed by atoms with Gasteiger partial charge in [-0.2, -0.15) is 0 Å². The molecule has 3 nitrogen and oxygen atoms in total. The Labute approximate surface area is 109 Å². The molecular formula is C13H22ClN3. The van der Waals surface area contributed by atoms with Crippen molar-refractivity contribution in [2.24, 2.45) is 5.73 Å². The third-order valence-electron chi connectivity index (χ3n) is 2.79. The van der Waals surface area contributed by atoms with Gasteiger partial charge in [-0.1, -0.05) is 17.7 Å². The lowest BCUT2D eigenvalue weighted by Crippen LogP contribution is -2.28. The second kappa shape index (κ2) is 6.24. The Morgan fingerprint density at radius 2 is 1.88 bits per heavy atom. The summed E-state index contributed by atoms with van der Waals surface area (Å²) in [5.41, 5.74) is 7.95. The largest absolute Gasteiger partial charge is 0.372 e. The van der Waals surface area contributed by atoms with Crippen molar-refractivity contribution in [3.63, 3.8) is 0 Å². The van der Waals surface area contributed by atoms with Gasteiger partial charge in [-0.05, 0) is 38.7 Å². The van der Waals surface area contributed by atoms with E-state index in [-0.39, 0.29) is 6.04 Å². The first-order chi connectivity index (χ1) is 7.91. The maximum atomic E-state index is 6.27. The highest BCUT2D eigenvalue weighted by molar-refractivity contribution is 6.33. The molecule has 0 amide bonds. The lowest BCUT2D eigenvalue weighted by molar-refractivity contribution is 0.416. The first kappa shape index (κ1) is 14.3. The molecule has 0 aliphatic rings. The van der Waals surface area contributed by atoms with Crippen LogP contribution in [0.4, 0.5) is 5.69 Å². The maximum absolute atomic E-state index is 6.27. The summed E-state index contributed by atoms with van der Waals surface area (Å²) < 4.78 is 0. The molecule has 17 heavy (non-hydrogen) atoms. The lowest BCUT2D eigenvalue weighted by Gasteiger charge is -2.23. The lowest BCUT2D eigenvalue weighted by atomic mass is 10.1. The standard InChI is InChI=1S/C13H22ClN3/c1-10(15)11-5-6-13(12(14)9-11)17(4)8-7-16(2)3/h5-6,9-10H,7-8,15H2,1-4H3. The summed E-state index contributed by atoms with van der Waals surface area (Å²) >= 11 is 6.27. The van der Waals surface area contributed by atoms with Crippen LogP contribution in [0.1, 0.15) is 18.5 Å². The van der Waals surface area contributed by atoms with Gasteiger partial charge in [0.05, 0.1) is 10.7 Å². The van der Waals surface area contributed by atoms with Crippen LogP contribution in [0, 0.1) is 0 Å². The highest BCUT2D eigenvalue weighted by Crippen LogP contribution is 2.27. The molecule has 1 unspecified atom stereocenters. The Morgan fingerprint density at radius 3 is 2.35 bits per heavy atom. The number of benzene rings is 1. The molecule has 96 valence electrons. The van der Waals surface area contributed by atoms with Crippen molar-refractivity contribution in [2.45, 2.75) is 13.0 Å². The maximum Gasteiger partial charge on any atom is 0.0642 e. The molecule has 2 N–H and O–H groups in total. The molecule has 0 radical (unpaired) electrons. The summed E-state index contributed by atoms with van der Waals surface area (Å²) in [4.78, 5) is 4.31. The Kier molecular flexibility index (Phi) is 5.25. The Bertz CT molecular complexity index is 364. The van der Waals surface area contributed by atoms with Crippen LogP contribution in [-0.4, -0.2) is 39.1 Å². The predicted octanol–water partition coefficient (Wildman–Crippen LogP) is 2.36. The monoisotopic (exact) mass is 255 g/mol. The molecule has 0 spiro atoms. The van der Waals surface area contributed by atoms with E-state index in [1.807, 2.05) is 25.1 Å². The molecule has 1 atom stereocenters. The number of nitrogens with two attached hydrogens (primary N) is 1. The summed E-state index contributed by atoms with van der Waals surface area (Å²) in [7, 11) is 6.18. The highest BCUT2D eigenvalue weighted by Gasteiger charge is 2.08. The molecule has 1 rings (SSSR count). The van der Waals surface area contributed by atoms with Crippen molar-refractivity contribution in [2.75, 3.05) is 39.1 Å². The molecule has 0 aromatic heterocycles. The van der Waals surface area contributed by atoms with E-state index in [1.165, 1.54) is 0 Å². The van der Waals surface area contributed by atoms with E-state index in [2.05, 4.69) is 30.9 Å². The average molecular weight is 256 g/mol. The van der Waals surface area contributed by atoms with Gasteiger partial charge in [0.25, 0.3) is 0 Å². The van der Waals surface area contributed by atoms with Crippen LogP contribution in [0.25, 0.3) is 0 Å². The molecule has 0 heterocycles. The molecule has 0 fully saturated rings. The van der Waals surface area contributed by atoms with Gasteiger partial charge in [0.1, 0.15) is 0 Å². The van der Waals surface area contributed by atoms with Gasteiger partial charge in [-0.25, -0.2) is 0 Å². The molecule has 1 aromatic carbocycles. The van der Waals surface area contributed by atoms with Crippen LogP contribution in [-0.2, 0) is 0 Å². The second-order valence-electron chi connectivity index (χ2n) is 4.72. The number of hydrogen-bond donors (Lipinski definition) is 1. The molecular weight excluding hydrogens is 234 g/mol. The minimum atomic E-state index is 0.0219. The minimum absolute atomic E-state index is 0.0219. The van der Waals surface area contributed by atoms with E-state index in [1.54, 1.807) is 0 Å². The van der Waals surface area contributed by atoms with Crippen LogP contribution in [0.2, 0.25) is 5.02 Å². The number of likely N-dealkylation sites (N-methyl/N-ethyl adjacent to an activating group) is 2. The van der Waals surface area contributed by atoms with E-state index in [0.29, 0.717) is 0 Å². The number of rotatable bonds is 5. The first-order valence-electron chi connectivity index (χ1n) is 5.82. The molecule has 4 heteroatoms. The summed E-state index contributed by atoms with van der Waals surface area (Å²) in [6, 6.07) is 6.05. The van der Waals surface area contributed by atoms with Gasteiger partial charge < -0.3 is 15.5 Å². The van der Waals surface area contributed by atoms with Crippen molar-refractivity contribution in [1.82, 2.24) is 4.90 Å². The Balaban J connectivity index is 2.77. The Hall–Kier alpha value is -0.770. The van der Waals surface area contributed by atoms with E-state index < -0.39 is 0 Å². The summed E-state index contributed by atoms with van der Waals surface area (Å²) in [5, 5.41) is 0.765. The number of nitrogens with zero attached hydrogens (tertiary/aromatic N) is 2. The van der Waals surface area contributed by atoms with Crippen molar-refractivity contribution in [1.29, 1.82) is 0 Å². The summed E-state index contributed by atoms with van der Waals surface area (Å²) in [6.45, 7) is 3.91.